The Kier molecular flexibility index (Phi) is 4.51. The normalized spacial score (nSPS) is 15.4. The molecule has 7 nitrogen and oxygen atoms in total. The summed E-state index contributed by atoms with van der Waals surface area (Å²) in [5, 5.41) is 3.47. The summed E-state index contributed by atoms with van der Waals surface area (Å²) in [6.45, 7) is 5.25. The van der Waals surface area contributed by atoms with Crippen molar-refractivity contribution in [2.45, 2.75) is 33.1 Å². The van der Waals surface area contributed by atoms with Crippen molar-refractivity contribution < 1.29 is 18.7 Å². The minimum Gasteiger partial charge on any atom is -0.444 e. The van der Waals surface area contributed by atoms with Gasteiger partial charge in [0.15, 0.2) is 5.89 Å². The van der Waals surface area contributed by atoms with Crippen LogP contribution in [0.4, 0.5) is 0 Å². The maximum atomic E-state index is 12.1. The van der Waals surface area contributed by atoms with E-state index in [4.69, 9.17) is 13.9 Å². The molecule has 2 aromatic rings. The molecular weight excluding hydrogens is 306 g/mol. The Bertz CT molecular complexity index is 661. The van der Waals surface area contributed by atoms with Gasteiger partial charge < -0.3 is 19.2 Å². The summed E-state index contributed by atoms with van der Waals surface area (Å²) in [5.41, 5.74) is 0.801. The van der Waals surface area contributed by atoms with Crippen molar-refractivity contribution in [2.75, 3.05) is 13.2 Å². The fourth-order valence-corrected chi connectivity index (χ4v) is 2.89. The molecule has 1 saturated heterocycles. The molecule has 1 N–H and O–H groups in total. The number of ether oxygens (including phenoxy) is 2. The summed E-state index contributed by atoms with van der Waals surface area (Å²) in [6, 6.07) is 0. The van der Waals surface area contributed by atoms with Crippen LogP contribution in [-0.4, -0.2) is 29.1 Å². The molecule has 0 aliphatic carbocycles. The van der Waals surface area contributed by atoms with Crippen LogP contribution in [0.25, 0.3) is 0 Å². The molecule has 1 amide bonds. The first-order valence-corrected chi connectivity index (χ1v) is 7.91. The summed E-state index contributed by atoms with van der Waals surface area (Å²) in [7, 11) is 0. The molecule has 0 saturated carbocycles. The van der Waals surface area contributed by atoms with Gasteiger partial charge in [0.05, 0.1) is 31.6 Å². The Morgan fingerprint density at radius 2 is 2.23 bits per heavy atom. The molecule has 2 aromatic heterocycles. The van der Waals surface area contributed by atoms with Crippen LogP contribution >= 0.6 is 11.3 Å². The molecule has 3 heterocycles. The van der Waals surface area contributed by atoms with E-state index in [1.165, 1.54) is 17.5 Å². The number of aromatic nitrogens is 2. The second-order valence-corrected chi connectivity index (χ2v) is 5.85. The quantitative estimate of drug-likeness (QED) is 0.905. The molecule has 1 fully saturated rings. The fraction of sp³-hybridized carbons (Fsp3) is 0.500. The van der Waals surface area contributed by atoms with Gasteiger partial charge in [-0.1, -0.05) is 6.92 Å². The summed E-state index contributed by atoms with van der Waals surface area (Å²) in [6.07, 6.45) is 1.81. The van der Waals surface area contributed by atoms with Gasteiger partial charge in [0.1, 0.15) is 15.6 Å². The van der Waals surface area contributed by atoms with E-state index >= 15 is 0 Å². The molecule has 0 bridgehead atoms. The van der Waals surface area contributed by atoms with E-state index in [9.17, 15) is 4.79 Å². The third-order valence-corrected chi connectivity index (χ3v) is 4.24. The monoisotopic (exact) mass is 323 g/mol. The Hall–Kier alpha value is -1.77. The lowest BCUT2D eigenvalue weighted by atomic mass is 10.3. The Labute approximate surface area is 131 Å². The Morgan fingerprint density at radius 1 is 1.45 bits per heavy atom. The summed E-state index contributed by atoms with van der Waals surface area (Å²) >= 11 is 1.27. The third kappa shape index (κ3) is 3.18. The molecule has 22 heavy (non-hydrogen) atoms. The lowest BCUT2D eigenvalue weighted by Crippen LogP contribution is -2.21. The number of nitrogens with zero attached hydrogens (tertiary/aromatic N) is 2. The maximum absolute atomic E-state index is 12.1. The van der Waals surface area contributed by atoms with Gasteiger partial charge in [-0.2, -0.15) is 0 Å². The van der Waals surface area contributed by atoms with Crippen molar-refractivity contribution in [1.29, 1.82) is 0 Å². The molecule has 8 heteroatoms. The first-order chi connectivity index (χ1) is 10.7. The van der Waals surface area contributed by atoms with Crippen LogP contribution < -0.4 is 5.32 Å². The van der Waals surface area contributed by atoms with Gasteiger partial charge in [-0.3, -0.25) is 4.79 Å². The van der Waals surface area contributed by atoms with Gasteiger partial charge >= 0.3 is 0 Å². The van der Waals surface area contributed by atoms with Crippen LogP contribution in [0.15, 0.2) is 10.6 Å². The van der Waals surface area contributed by atoms with Gasteiger partial charge in [0, 0.05) is 6.42 Å². The molecular formula is C14H17N3O4S. The number of amides is 1. The maximum Gasteiger partial charge on any atom is 0.263 e. The van der Waals surface area contributed by atoms with Crippen LogP contribution in [0.5, 0.6) is 0 Å². The zero-order chi connectivity index (χ0) is 15.5. The molecule has 0 spiro atoms. The number of thiazole rings is 1. The molecule has 0 atom stereocenters. The number of carbonyl (C=O) groups is 1. The average molecular weight is 323 g/mol. The summed E-state index contributed by atoms with van der Waals surface area (Å²) < 4.78 is 16.3. The highest BCUT2D eigenvalue weighted by atomic mass is 32.1. The highest BCUT2D eigenvalue weighted by molar-refractivity contribution is 7.13. The second kappa shape index (κ2) is 6.55. The Balaban J connectivity index is 1.60. The van der Waals surface area contributed by atoms with Gasteiger partial charge in [-0.05, 0) is 6.92 Å². The van der Waals surface area contributed by atoms with Crippen molar-refractivity contribution in [1.82, 2.24) is 15.3 Å². The van der Waals surface area contributed by atoms with Crippen molar-refractivity contribution in [3.63, 3.8) is 0 Å². The van der Waals surface area contributed by atoms with Gasteiger partial charge in [-0.25, -0.2) is 9.97 Å². The van der Waals surface area contributed by atoms with E-state index in [0.29, 0.717) is 41.3 Å². The standard InChI is InChI=1S/C14H17N3O4S/c1-3-11-17-8(2)9(21-11)6-15-12(18)10-7-16-13(22-10)14-19-4-5-20-14/h7,14H,3-6H2,1-2H3,(H,15,18). The Morgan fingerprint density at radius 3 is 2.91 bits per heavy atom. The van der Waals surface area contributed by atoms with Crippen molar-refractivity contribution in [2.24, 2.45) is 0 Å². The topological polar surface area (TPSA) is 86.5 Å². The smallest absolute Gasteiger partial charge is 0.263 e. The highest BCUT2D eigenvalue weighted by Gasteiger charge is 2.23. The molecule has 3 rings (SSSR count). The number of hydrogen-bond acceptors (Lipinski definition) is 7. The zero-order valence-corrected chi connectivity index (χ0v) is 13.2. The number of aryl methyl sites for hydroxylation is 2. The SMILES string of the molecule is CCc1nc(C)c(CNC(=O)c2cnc(C3OCCO3)s2)o1. The highest BCUT2D eigenvalue weighted by Crippen LogP contribution is 2.27. The third-order valence-electron chi connectivity index (χ3n) is 3.22. The first kappa shape index (κ1) is 15.1. The number of nitrogens with one attached hydrogen (secondary N) is 1. The van der Waals surface area contributed by atoms with E-state index in [-0.39, 0.29) is 5.91 Å². The predicted octanol–water partition coefficient (Wildman–Crippen LogP) is 1.98. The number of rotatable bonds is 5. The number of oxazole rings is 1. The van der Waals surface area contributed by atoms with Gasteiger partial charge in [0.25, 0.3) is 5.91 Å². The largest absolute Gasteiger partial charge is 0.444 e. The summed E-state index contributed by atoms with van der Waals surface area (Å²) in [5.74, 6) is 1.16. The zero-order valence-electron chi connectivity index (χ0n) is 12.4. The van der Waals surface area contributed by atoms with Crippen LogP contribution in [0.2, 0.25) is 0 Å². The van der Waals surface area contributed by atoms with Crippen LogP contribution in [0.3, 0.4) is 0 Å². The van der Waals surface area contributed by atoms with Crippen LogP contribution in [0, 0.1) is 6.92 Å². The van der Waals surface area contributed by atoms with Crippen molar-refractivity contribution in [3.05, 3.63) is 33.4 Å². The number of carbonyl (C=O) groups excluding carboxylic acids is 1. The minimum atomic E-state index is -0.449. The fourth-order valence-electron chi connectivity index (χ4n) is 2.05. The summed E-state index contributed by atoms with van der Waals surface area (Å²) in [4.78, 5) is 21.1. The first-order valence-electron chi connectivity index (χ1n) is 7.09. The van der Waals surface area contributed by atoms with Gasteiger partial charge in [-0.15, -0.1) is 11.3 Å². The van der Waals surface area contributed by atoms with E-state index in [2.05, 4.69) is 15.3 Å². The predicted molar refractivity (Wildman–Crippen MR) is 78.5 cm³/mol. The molecule has 118 valence electrons. The van der Waals surface area contributed by atoms with E-state index in [0.717, 1.165) is 12.1 Å². The van der Waals surface area contributed by atoms with Gasteiger partial charge in [0.2, 0.25) is 6.29 Å². The minimum absolute atomic E-state index is 0.199. The average Bonchev–Trinajstić information content (AvgIpc) is 3.24. The molecule has 1 aliphatic rings. The molecule has 0 unspecified atom stereocenters. The molecule has 1 aliphatic heterocycles. The van der Waals surface area contributed by atoms with E-state index in [1.54, 1.807) is 0 Å². The van der Waals surface area contributed by atoms with Crippen molar-refractivity contribution >= 4 is 17.2 Å². The van der Waals surface area contributed by atoms with E-state index in [1.807, 2.05) is 13.8 Å². The van der Waals surface area contributed by atoms with E-state index < -0.39 is 6.29 Å². The molecule has 0 aromatic carbocycles. The lowest BCUT2D eigenvalue weighted by Gasteiger charge is -2.03. The van der Waals surface area contributed by atoms with Crippen LogP contribution in [-0.2, 0) is 22.4 Å². The van der Waals surface area contributed by atoms with Crippen molar-refractivity contribution in [3.8, 4) is 0 Å². The number of hydrogen-bond donors (Lipinski definition) is 1. The second-order valence-electron chi connectivity index (χ2n) is 4.79. The lowest BCUT2D eigenvalue weighted by molar-refractivity contribution is -0.0442. The molecule has 0 radical (unpaired) electrons. The van der Waals surface area contributed by atoms with Crippen LogP contribution in [0.1, 0.15) is 45.2 Å².